The number of urea groups is 1. The molecule has 8 N–H and O–H groups in total. The SMILES string of the molecule is COc1cc(N=Nc2cc(N)ccc2S(=O)(=O)O)c(C)cc1NC(=O)Nc1cc(C)c(N=Nc2cc(N)ccc2S(=O)(=O)O)cc1OC. The van der Waals surface area contributed by atoms with Gasteiger partial charge in [-0.3, -0.25) is 9.11 Å². The van der Waals surface area contributed by atoms with Gasteiger partial charge in [0.25, 0.3) is 20.2 Å². The summed E-state index contributed by atoms with van der Waals surface area (Å²) in [6, 6.07) is 12.6. The first-order valence-electron chi connectivity index (χ1n) is 13.5. The minimum Gasteiger partial charge on any atom is -0.494 e. The number of nitrogens with two attached hydrogens (primary N) is 2. The zero-order chi connectivity index (χ0) is 35.4. The van der Waals surface area contributed by atoms with Crippen LogP contribution in [0.5, 0.6) is 11.5 Å². The van der Waals surface area contributed by atoms with Gasteiger partial charge in [-0.25, -0.2) is 4.79 Å². The number of anilines is 4. The highest BCUT2D eigenvalue weighted by atomic mass is 32.2. The minimum absolute atomic E-state index is 0.179. The Kier molecular flexibility index (Phi) is 10.3. The van der Waals surface area contributed by atoms with E-state index in [1.54, 1.807) is 26.0 Å². The standard InChI is InChI=1S/C29H30N8O9S2/c1-15-9-21(25(45-3)13-19(15)34-36-23-11-17(30)5-7-27(23)47(39,40)41)32-29(38)33-22-10-16(2)20(14-26(22)46-4)35-37-24-12-18(31)6-8-28(24)48(42,43)44/h5-14H,30-31H2,1-4H3,(H2,32,33,38)(H,39,40,41)(H,42,43,44). The zero-order valence-corrected chi connectivity index (χ0v) is 27.4. The van der Waals surface area contributed by atoms with Crippen molar-refractivity contribution in [3.63, 3.8) is 0 Å². The monoisotopic (exact) mass is 698 g/mol. The molecule has 0 atom stereocenters. The number of amides is 2. The van der Waals surface area contributed by atoms with Crippen molar-refractivity contribution in [3.8, 4) is 11.5 Å². The number of aryl methyl sites for hydroxylation is 2. The molecule has 252 valence electrons. The van der Waals surface area contributed by atoms with Crippen molar-refractivity contribution >= 4 is 71.8 Å². The maximum atomic E-state index is 13.1. The first kappa shape index (κ1) is 35.2. The molecule has 48 heavy (non-hydrogen) atoms. The molecule has 17 nitrogen and oxygen atoms in total. The first-order valence-corrected chi connectivity index (χ1v) is 16.4. The van der Waals surface area contributed by atoms with Crippen molar-refractivity contribution in [2.24, 2.45) is 20.5 Å². The fourth-order valence-corrected chi connectivity index (χ4v) is 5.46. The Hall–Kier alpha value is -5.63. The fourth-order valence-electron chi connectivity index (χ4n) is 4.26. The first-order chi connectivity index (χ1) is 22.5. The Morgan fingerprint density at radius 2 is 0.979 bits per heavy atom. The van der Waals surface area contributed by atoms with Gasteiger partial charge in [0.15, 0.2) is 0 Å². The summed E-state index contributed by atoms with van der Waals surface area (Å²) in [5.74, 6) is 0.383. The molecule has 0 saturated carbocycles. The van der Waals surface area contributed by atoms with Crippen molar-refractivity contribution < 1.29 is 40.2 Å². The van der Waals surface area contributed by atoms with Gasteiger partial charge in [-0.1, -0.05) is 0 Å². The molecule has 0 bridgehead atoms. The second-order valence-electron chi connectivity index (χ2n) is 10.1. The van der Waals surface area contributed by atoms with E-state index in [1.807, 2.05) is 0 Å². The number of benzene rings is 4. The number of hydrogen-bond donors (Lipinski definition) is 6. The largest absolute Gasteiger partial charge is 0.494 e. The van der Waals surface area contributed by atoms with Crippen LogP contribution in [0, 0.1) is 13.8 Å². The van der Waals surface area contributed by atoms with Crippen molar-refractivity contribution in [1.82, 2.24) is 0 Å². The van der Waals surface area contributed by atoms with Crippen LogP contribution >= 0.6 is 0 Å². The lowest BCUT2D eigenvalue weighted by atomic mass is 10.1. The van der Waals surface area contributed by atoms with Gasteiger partial charge in [-0.15, -0.1) is 10.2 Å². The molecule has 4 aromatic carbocycles. The molecular weight excluding hydrogens is 669 g/mol. The predicted molar refractivity (Wildman–Crippen MR) is 178 cm³/mol. The third kappa shape index (κ3) is 8.39. The normalized spacial score (nSPS) is 12.0. The van der Waals surface area contributed by atoms with Crippen molar-refractivity contribution in [3.05, 3.63) is 71.8 Å². The van der Waals surface area contributed by atoms with Crippen LogP contribution in [0.25, 0.3) is 0 Å². The van der Waals surface area contributed by atoms with E-state index < -0.39 is 36.1 Å². The van der Waals surface area contributed by atoms with Crippen molar-refractivity contribution in [2.75, 3.05) is 36.3 Å². The lowest BCUT2D eigenvalue weighted by Gasteiger charge is -2.15. The summed E-state index contributed by atoms with van der Waals surface area (Å²) in [5, 5.41) is 21.4. The summed E-state index contributed by atoms with van der Waals surface area (Å²) >= 11 is 0. The molecule has 0 aliphatic rings. The number of nitrogen functional groups attached to an aromatic ring is 2. The Morgan fingerprint density at radius 1 is 0.625 bits per heavy atom. The van der Waals surface area contributed by atoms with E-state index in [-0.39, 0.29) is 57.0 Å². The highest BCUT2D eigenvalue weighted by molar-refractivity contribution is 7.86. The van der Waals surface area contributed by atoms with Gasteiger partial charge in [0.05, 0.1) is 37.0 Å². The smallest absolute Gasteiger partial charge is 0.323 e. The van der Waals surface area contributed by atoms with Crippen LogP contribution < -0.4 is 31.6 Å². The van der Waals surface area contributed by atoms with Crippen LogP contribution in [0.2, 0.25) is 0 Å². The van der Waals surface area contributed by atoms with Gasteiger partial charge < -0.3 is 31.6 Å². The van der Waals surface area contributed by atoms with Gasteiger partial charge in [0, 0.05) is 23.5 Å². The van der Waals surface area contributed by atoms with E-state index in [4.69, 9.17) is 20.9 Å². The lowest BCUT2D eigenvalue weighted by Crippen LogP contribution is -2.20. The molecule has 0 unspecified atom stereocenters. The second kappa shape index (κ2) is 14.0. The highest BCUT2D eigenvalue weighted by Crippen LogP contribution is 2.37. The number of nitrogens with zero attached hydrogens (tertiary/aromatic N) is 4. The number of methoxy groups -OCH3 is 2. The molecule has 0 radical (unpaired) electrons. The molecule has 0 aromatic heterocycles. The summed E-state index contributed by atoms with van der Waals surface area (Å²) in [6.45, 7) is 3.34. The van der Waals surface area contributed by atoms with Crippen LogP contribution in [0.1, 0.15) is 11.1 Å². The molecule has 0 aliphatic heterocycles. The third-order valence-electron chi connectivity index (χ3n) is 6.59. The second-order valence-corrected chi connectivity index (χ2v) is 12.8. The van der Waals surface area contributed by atoms with Crippen molar-refractivity contribution in [2.45, 2.75) is 23.6 Å². The quantitative estimate of drug-likeness (QED) is 0.0594. The Morgan fingerprint density at radius 3 is 1.31 bits per heavy atom. The molecule has 0 spiro atoms. The molecule has 0 heterocycles. The number of nitrogens with one attached hydrogen (secondary N) is 2. The predicted octanol–water partition coefficient (Wildman–Crippen LogP) is 6.45. The summed E-state index contributed by atoms with van der Waals surface area (Å²) in [6.07, 6.45) is 0. The molecule has 4 aromatic rings. The number of hydrogen-bond acceptors (Lipinski definition) is 13. The van der Waals surface area contributed by atoms with Crippen LogP contribution in [-0.4, -0.2) is 46.2 Å². The van der Waals surface area contributed by atoms with E-state index in [1.165, 1.54) is 50.6 Å². The average Bonchev–Trinajstić information content (AvgIpc) is 2.99. The molecule has 0 aliphatic carbocycles. The van der Waals surface area contributed by atoms with Gasteiger partial charge in [0.2, 0.25) is 0 Å². The summed E-state index contributed by atoms with van der Waals surface area (Å²) in [4.78, 5) is 12.1. The molecule has 19 heteroatoms. The number of azo groups is 2. The van der Waals surface area contributed by atoms with Gasteiger partial charge in [-0.05, 0) is 73.5 Å². The van der Waals surface area contributed by atoms with E-state index >= 15 is 0 Å². The van der Waals surface area contributed by atoms with Crippen molar-refractivity contribution in [1.29, 1.82) is 0 Å². The number of carbonyl (C=O) groups excluding carboxylic acids is 1. The number of carbonyl (C=O) groups is 1. The van der Waals surface area contributed by atoms with Crippen LogP contribution in [0.4, 0.5) is 50.3 Å². The van der Waals surface area contributed by atoms with Crippen LogP contribution in [0.15, 0.2) is 90.9 Å². The summed E-state index contributed by atoms with van der Waals surface area (Å²) < 4.78 is 76.8. The molecular formula is C29H30N8O9S2. The molecule has 0 fully saturated rings. The fraction of sp³-hybridized carbons (Fsp3) is 0.138. The Balaban J connectivity index is 1.57. The lowest BCUT2D eigenvalue weighted by molar-refractivity contribution is 0.262. The topological polar surface area (TPSA) is 270 Å². The minimum atomic E-state index is -4.60. The molecule has 2 amide bonds. The number of ether oxygens (including phenoxy) is 2. The Labute approximate surface area is 275 Å². The van der Waals surface area contributed by atoms with Gasteiger partial charge >= 0.3 is 6.03 Å². The number of rotatable bonds is 10. The van der Waals surface area contributed by atoms with Gasteiger partial charge in [0.1, 0.15) is 32.7 Å². The highest BCUT2D eigenvalue weighted by Gasteiger charge is 2.19. The molecule has 0 saturated heterocycles. The maximum Gasteiger partial charge on any atom is 0.323 e. The zero-order valence-electron chi connectivity index (χ0n) is 25.8. The third-order valence-corrected chi connectivity index (χ3v) is 8.39. The van der Waals surface area contributed by atoms with Crippen LogP contribution in [-0.2, 0) is 20.2 Å². The summed E-state index contributed by atoms with van der Waals surface area (Å²) in [7, 11) is -6.46. The Bertz CT molecular complexity index is 2040. The van der Waals surface area contributed by atoms with E-state index in [0.29, 0.717) is 11.1 Å². The van der Waals surface area contributed by atoms with E-state index in [2.05, 4.69) is 31.1 Å². The molecule has 4 rings (SSSR count). The average molecular weight is 699 g/mol. The summed E-state index contributed by atoms with van der Waals surface area (Å²) in [5.41, 5.74) is 13.6. The van der Waals surface area contributed by atoms with E-state index in [0.717, 1.165) is 12.1 Å². The van der Waals surface area contributed by atoms with Crippen LogP contribution in [0.3, 0.4) is 0 Å². The van der Waals surface area contributed by atoms with Gasteiger partial charge in [-0.2, -0.15) is 27.1 Å². The maximum absolute atomic E-state index is 13.1. The van der Waals surface area contributed by atoms with E-state index in [9.17, 15) is 30.7 Å².